The zero-order chi connectivity index (χ0) is 17.1. The molecule has 0 bridgehead atoms. The van der Waals surface area contributed by atoms with Crippen LogP contribution in [0.3, 0.4) is 0 Å². The van der Waals surface area contributed by atoms with Crippen LogP contribution >= 0.6 is 0 Å². The Labute approximate surface area is 143 Å². The fourth-order valence-corrected chi connectivity index (χ4v) is 3.73. The van der Waals surface area contributed by atoms with E-state index in [-0.39, 0.29) is 17.7 Å². The van der Waals surface area contributed by atoms with E-state index in [9.17, 15) is 9.59 Å². The highest BCUT2D eigenvalue weighted by atomic mass is 16.2. The molecular weight excluding hydrogens is 302 g/mol. The van der Waals surface area contributed by atoms with Crippen molar-refractivity contribution in [2.45, 2.75) is 51.6 Å². The van der Waals surface area contributed by atoms with Crippen LogP contribution in [0.4, 0.5) is 5.69 Å². The smallest absolute Gasteiger partial charge is 0.242 e. The third-order valence-corrected chi connectivity index (χ3v) is 5.31. The molecule has 2 heterocycles. The molecule has 0 aliphatic carbocycles. The molecule has 24 heavy (non-hydrogen) atoms. The van der Waals surface area contributed by atoms with Crippen LogP contribution in [-0.2, 0) is 16.0 Å². The zero-order valence-corrected chi connectivity index (χ0v) is 14.5. The predicted octanol–water partition coefficient (Wildman–Crippen LogP) is 1.86. The van der Waals surface area contributed by atoms with Crippen LogP contribution < -0.4 is 15.5 Å². The molecule has 5 nitrogen and oxygen atoms in total. The van der Waals surface area contributed by atoms with Gasteiger partial charge in [-0.05, 0) is 43.7 Å². The van der Waals surface area contributed by atoms with Crippen LogP contribution in [0, 0.1) is 5.92 Å². The van der Waals surface area contributed by atoms with E-state index in [0.717, 1.165) is 19.3 Å². The monoisotopic (exact) mass is 329 g/mol. The summed E-state index contributed by atoms with van der Waals surface area (Å²) < 4.78 is 0. The maximum absolute atomic E-state index is 12.3. The third kappa shape index (κ3) is 3.55. The van der Waals surface area contributed by atoms with Crippen molar-refractivity contribution < 1.29 is 9.59 Å². The van der Waals surface area contributed by atoms with E-state index in [0.29, 0.717) is 25.6 Å². The van der Waals surface area contributed by atoms with Gasteiger partial charge >= 0.3 is 0 Å². The number of rotatable bonds is 4. The van der Waals surface area contributed by atoms with E-state index in [1.165, 1.54) is 11.3 Å². The average molecular weight is 329 g/mol. The summed E-state index contributed by atoms with van der Waals surface area (Å²) in [5, 5.41) is 5.75. The van der Waals surface area contributed by atoms with E-state index in [2.05, 4.69) is 46.7 Å². The molecule has 1 aromatic carbocycles. The molecule has 5 heteroatoms. The van der Waals surface area contributed by atoms with E-state index in [1.54, 1.807) is 0 Å². The van der Waals surface area contributed by atoms with Crippen molar-refractivity contribution in [2.24, 2.45) is 5.92 Å². The average Bonchev–Trinajstić information content (AvgIpc) is 2.57. The first kappa shape index (κ1) is 16.8. The first-order valence-electron chi connectivity index (χ1n) is 8.98. The Morgan fingerprint density at radius 1 is 1.29 bits per heavy atom. The minimum Gasteiger partial charge on any atom is -0.368 e. The number of carbonyl (C=O) groups excluding carboxylic acids is 2. The van der Waals surface area contributed by atoms with Gasteiger partial charge < -0.3 is 15.5 Å². The van der Waals surface area contributed by atoms with E-state index >= 15 is 0 Å². The van der Waals surface area contributed by atoms with Gasteiger partial charge in [0.25, 0.3) is 0 Å². The Kier molecular flexibility index (Phi) is 5.07. The second-order valence-corrected chi connectivity index (χ2v) is 7.06. The van der Waals surface area contributed by atoms with Crippen molar-refractivity contribution >= 4 is 17.5 Å². The number of aryl methyl sites for hydroxylation is 1. The molecule has 130 valence electrons. The van der Waals surface area contributed by atoms with Crippen LogP contribution in [0.25, 0.3) is 0 Å². The standard InChI is InChI=1S/C19H27N3O2/c1-13-9-11-20-19(24)18(13)21-17(23)10-12-22-14(2)7-8-15-5-3-4-6-16(15)22/h3-6,13-14,18H,7-12H2,1-2H3,(H,20,24)(H,21,23). The molecule has 0 spiro atoms. The number of fused-ring (bicyclic) bond motifs is 1. The van der Waals surface area contributed by atoms with Gasteiger partial charge in [0.1, 0.15) is 6.04 Å². The van der Waals surface area contributed by atoms with Gasteiger partial charge in [0.05, 0.1) is 0 Å². The van der Waals surface area contributed by atoms with E-state index in [1.807, 2.05) is 6.92 Å². The summed E-state index contributed by atoms with van der Waals surface area (Å²) in [6.45, 7) is 5.62. The lowest BCUT2D eigenvalue weighted by atomic mass is 9.94. The van der Waals surface area contributed by atoms with Crippen LogP contribution in [-0.4, -0.2) is 37.0 Å². The molecule has 3 atom stereocenters. The minimum atomic E-state index is -0.391. The summed E-state index contributed by atoms with van der Waals surface area (Å²) in [6, 6.07) is 8.48. The second kappa shape index (κ2) is 7.24. The van der Waals surface area contributed by atoms with Gasteiger partial charge in [-0.1, -0.05) is 25.1 Å². The Balaban J connectivity index is 1.59. The quantitative estimate of drug-likeness (QED) is 0.886. The summed E-state index contributed by atoms with van der Waals surface area (Å²) in [5.41, 5.74) is 2.60. The molecule has 1 aromatic rings. The van der Waals surface area contributed by atoms with Crippen molar-refractivity contribution in [3.05, 3.63) is 29.8 Å². The molecule has 3 rings (SSSR count). The number of benzene rings is 1. The van der Waals surface area contributed by atoms with E-state index in [4.69, 9.17) is 0 Å². The van der Waals surface area contributed by atoms with Crippen molar-refractivity contribution in [3.63, 3.8) is 0 Å². The van der Waals surface area contributed by atoms with Gasteiger partial charge in [-0.15, -0.1) is 0 Å². The molecular formula is C19H27N3O2. The molecule has 0 radical (unpaired) electrons. The lowest BCUT2D eigenvalue weighted by Crippen LogP contribution is -2.54. The molecule has 2 aliphatic heterocycles. The summed E-state index contributed by atoms with van der Waals surface area (Å²) in [5.74, 6) is 0.0928. The van der Waals surface area contributed by atoms with Crippen LogP contribution in [0.1, 0.15) is 38.7 Å². The Hall–Kier alpha value is -2.04. The lowest BCUT2D eigenvalue weighted by Gasteiger charge is -2.37. The Morgan fingerprint density at radius 2 is 2.08 bits per heavy atom. The molecule has 0 saturated carbocycles. The lowest BCUT2D eigenvalue weighted by molar-refractivity contribution is -0.131. The zero-order valence-electron chi connectivity index (χ0n) is 14.5. The van der Waals surface area contributed by atoms with Crippen molar-refractivity contribution in [2.75, 3.05) is 18.0 Å². The summed E-state index contributed by atoms with van der Waals surface area (Å²) in [6.07, 6.45) is 3.53. The van der Waals surface area contributed by atoms with Crippen LogP contribution in [0.5, 0.6) is 0 Å². The largest absolute Gasteiger partial charge is 0.368 e. The van der Waals surface area contributed by atoms with Crippen molar-refractivity contribution in [3.8, 4) is 0 Å². The van der Waals surface area contributed by atoms with E-state index < -0.39 is 6.04 Å². The highest BCUT2D eigenvalue weighted by Crippen LogP contribution is 2.30. The first-order chi connectivity index (χ1) is 11.6. The maximum Gasteiger partial charge on any atom is 0.242 e. The van der Waals surface area contributed by atoms with Gasteiger partial charge in [0.2, 0.25) is 11.8 Å². The van der Waals surface area contributed by atoms with Gasteiger partial charge in [-0.2, -0.15) is 0 Å². The van der Waals surface area contributed by atoms with Crippen molar-refractivity contribution in [1.82, 2.24) is 10.6 Å². The maximum atomic E-state index is 12.3. The summed E-state index contributed by atoms with van der Waals surface area (Å²) in [4.78, 5) is 26.6. The van der Waals surface area contributed by atoms with Crippen LogP contribution in [0.15, 0.2) is 24.3 Å². The third-order valence-electron chi connectivity index (χ3n) is 5.31. The number of piperidine rings is 1. The molecule has 0 aromatic heterocycles. The number of para-hydroxylation sites is 1. The Morgan fingerprint density at radius 3 is 2.88 bits per heavy atom. The number of nitrogens with zero attached hydrogens (tertiary/aromatic N) is 1. The number of carbonyl (C=O) groups is 2. The fourth-order valence-electron chi connectivity index (χ4n) is 3.73. The van der Waals surface area contributed by atoms with Crippen molar-refractivity contribution in [1.29, 1.82) is 0 Å². The normalized spacial score (nSPS) is 26.5. The van der Waals surface area contributed by atoms with Gasteiger partial charge in [0, 0.05) is 31.2 Å². The number of hydrogen-bond acceptors (Lipinski definition) is 3. The van der Waals surface area contributed by atoms with Gasteiger partial charge in [-0.3, -0.25) is 9.59 Å². The SMILES string of the molecule is CC1CCNC(=O)C1NC(=O)CCN1c2ccccc2CCC1C. The molecule has 1 saturated heterocycles. The molecule has 2 aliphatic rings. The van der Waals surface area contributed by atoms with Gasteiger partial charge in [-0.25, -0.2) is 0 Å². The number of amides is 2. The molecule has 3 unspecified atom stereocenters. The fraction of sp³-hybridized carbons (Fsp3) is 0.579. The summed E-state index contributed by atoms with van der Waals surface area (Å²) >= 11 is 0. The minimum absolute atomic E-state index is 0.0424. The number of anilines is 1. The molecule has 2 amide bonds. The second-order valence-electron chi connectivity index (χ2n) is 7.06. The topological polar surface area (TPSA) is 61.4 Å². The molecule has 1 fully saturated rings. The highest BCUT2D eigenvalue weighted by molar-refractivity contribution is 5.88. The van der Waals surface area contributed by atoms with Gasteiger partial charge in [0.15, 0.2) is 0 Å². The summed E-state index contributed by atoms with van der Waals surface area (Å²) in [7, 11) is 0. The predicted molar refractivity (Wildman–Crippen MR) is 94.9 cm³/mol. The Bertz CT molecular complexity index is 616. The first-order valence-corrected chi connectivity index (χ1v) is 8.98. The molecule has 2 N–H and O–H groups in total. The number of hydrogen-bond donors (Lipinski definition) is 2. The number of nitrogens with one attached hydrogen (secondary N) is 2. The van der Waals surface area contributed by atoms with Crippen LogP contribution in [0.2, 0.25) is 0 Å². The highest BCUT2D eigenvalue weighted by Gasteiger charge is 2.30.